The van der Waals surface area contributed by atoms with E-state index in [-0.39, 0.29) is 5.92 Å². The van der Waals surface area contributed by atoms with Crippen molar-refractivity contribution >= 4 is 21.5 Å². The summed E-state index contributed by atoms with van der Waals surface area (Å²) in [6.45, 7) is 2.17. The van der Waals surface area contributed by atoms with Gasteiger partial charge in [-0.3, -0.25) is 0 Å². The van der Waals surface area contributed by atoms with Crippen molar-refractivity contribution < 1.29 is 0 Å². The molecule has 0 heterocycles. The number of hydrogen-bond donors (Lipinski definition) is 1. The summed E-state index contributed by atoms with van der Waals surface area (Å²) in [7, 11) is 0. The van der Waals surface area contributed by atoms with Crippen molar-refractivity contribution in [2.24, 2.45) is 5.73 Å². The van der Waals surface area contributed by atoms with Crippen LogP contribution in [0.3, 0.4) is 0 Å². The molecule has 0 fully saturated rings. The summed E-state index contributed by atoms with van der Waals surface area (Å²) in [6.07, 6.45) is 0.833. The SMILES string of the molecule is CC1(N)c2ccccc2-c2ccc(C(Cc3ccc(-c4c(-c5ccccc5)cc(-c5ccccc5)cc4-c4ccccc4)cc3)c3cc4ccccc4c4ccccc34)cc21. The summed E-state index contributed by atoms with van der Waals surface area (Å²) >= 11 is 0. The maximum Gasteiger partial charge on any atom is 0.0649 e. The third-order valence-corrected chi connectivity index (χ3v) is 13.1. The van der Waals surface area contributed by atoms with E-state index in [0.717, 1.165) is 6.42 Å². The topological polar surface area (TPSA) is 26.0 Å². The fourth-order valence-electron chi connectivity index (χ4n) is 10.0. The van der Waals surface area contributed by atoms with Gasteiger partial charge in [-0.25, -0.2) is 0 Å². The van der Waals surface area contributed by atoms with E-state index >= 15 is 0 Å². The molecule has 0 aliphatic heterocycles. The van der Waals surface area contributed by atoms with Crippen LogP contribution < -0.4 is 5.73 Å². The van der Waals surface area contributed by atoms with Crippen LogP contribution in [0.1, 0.15) is 40.7 Å². The highest BCUT2D eigenvalue weighted by Crippen LogP contribution is 2.48. The van der Waals surface area contributed by atoms with Gasteiger partial charge >= 0.3 is 0 Å². The molecule has 2 unspecified atom stereocenters. The van der Waals surface area contributed by atoms with Gasteiger partial charge in [0.1, 0.15) is 0 Å². The number of benzene rings is 10. The lowest BCUT2D eigenvalue weighted by molar-refractivity contribution is 0.619. The second-order valence-corrected chi connectivity index (χ2v) is 16.8. The fourth-order valence-corrected chi connectivity index (χ4v) is 10.0. The maximum absolute atomic E-state index is 7.25. The number of hydrogen-bond acceptors (Lipinski definition) is 1. The van der Waals surface area contributed by atoms with Gasteiger partial charge in [0.25, 0.3) is 0 Å². The van der Waals surface area contributed by atoms with Crippen LogP contribution in [0.25, 0.3) is 77.2 Å². The highest BCUT2D eigenvalue weighted by atomic mass is 14.7. The van der Waals surface area contributed by atoms with Gasteiger partial charge in [0, 0.05) is 5.92 Å². The molecule has 0 amide bonds. The maximum atomic E-state index is 7.25. The largest absolute Gasteiger partial charge is 0.318 e. The molecule has 10 aromatic rings. The lowest BCUT2D eigenvalue weighted by Gasteiger charge is -2.25. The fraction of sp³-hybridized carbons (Fsp3) is 0.0667. The molecule has 0 bridgehead atoms. The highest BCUT2D eigenvalue weighted by molar-refractivity contribution is 6.09. The molecular formula is C60H45N. The van der Waals surface area contributed by atoms with Gasteiger partial charge in [-0.1, -0.05) is 206 Å². The molecule has 10 aromatic carbocycles. The Morgan fingerprint density at radius 1 is 0.393 bits per heavy atom. The predicted molar refractivity (Wildman–Crippen MR) is 258 cm³/mol. The Balaban J connectivity index is 1.07. The van der Waals surface area contributed by atoms with Crippen molar-refractivity contribution in [1.29, 1.82) is 0 Å². The van der Waals surface area contributed by atoms with E-state index in [9.17, 15) is 0 Å². The second-order valence-electron chi connectivity index (χ2n) is 16.8. The first kappa shape index (κ1) is 36.7. The predicted octanol–water partition coefficient (Wildman–Crippen LogP) is 15.2. The Morgan fingerprint density at radius 3 is 1.61 bits per heavy atom. The van der Waals surface area contributed by atoms with Crippen molar-refractivity contribution in [2.45, 2.75) is 24.8 Å². The average molecular weight is 780 g/mol. The first-order chi connectivity index (χ1) is 30.0. The Labute approximate surface area is 358 Å². The smallest absolute Gasteiger partial charge is 0.0649 e. The number of rotatable bonds is 8. The molecule has 1 nitrogen and oxygen atoms in total. The summed E-state index contributed by atoms with van der Waals surface area (Å²) in [6, 6.07) is 82.5. The van der Waals surface area contributed by atoms with Crippen LogP contribution in [0.2, 0.25) is 0 Å². The lowest BCUT2D eigenvalue weighted by Crippen LogP contribution is -2.32. The van der Waals surface area contributed by atoms with Crippen LogP contribution in [-0.2, 0) is 12.0 Å². The molecule has 0 radical (unpaired) electrons. The van der Waals surface area contributed by atoms with E-state index in [1.807, 2.05) is 0 Å². The third-order valence-electron chi connectivity index (χ3n) is 13.1. The molecule has 0 saturated heterocycles. The summed E-state index contributed by atoms with van der Waals surface area (Å²) in [5.74, 6) is 0.0788. The average Bonchev–Trinajstić information content (AvgIpc) is 3.56. The summed E-state index contributed by atoms with van der Waals surface area (Å²) in [5, 5.41) is 5.12. The third kappa shape index (κ3) is 6.46. The zero-order valence-corrected chi connectivity index (χ0v) is 34.2. The van der Waals surface area contributed by atoms with Gasteiger partial charge in [0.05, 0.1) is 5.54 Å². The summed E-state index contributed by atoms with van der Waals surface area (Å²) < 4.78 is 0. The monoisotopic (exact) mass is 779 g/mol. The molecular weight excluding hydrogens is 735 g/mol. The quantitative estimate of drug-likeness (QED) is 0.153. The van der Waals surface area contributed by atoms with Crippen molar-refractivity contribution in [1.82, 2.24) is 0 Å². The van der Waals surface area contributed by atoms with E-state index in [1.165, 1.54) is 105 Å². The molecule has 2 atom stereocenters. The second kappa shape index (κ2) is 15.1. The van der Waals surface area contributed by atoms with Crippen LogP contribution in [0.4, 0.5) is 0 Å². The van der Waals surface area contributed by atoms with Gasteiger partial charge in [0.2, 0.25) is 0 Å². The first-order valence-electron chi connectivity index (χ1n) is 21.4. The van der Waals surface area contributed by atoms with E-state index in [4.69, 9.17) is 5.73 Å². The zero-order chi connectivity index (χ0) is 40.9. The van der Waals surface area contributed by atoms with E-state index < -0.39 is 5.54 Å². The molecule has 290 valence electrons. The molecule has 1 aliphatic carbocycles. The number of fused-ring (bicyclic) bond motifs is 6. The highest BCUT2D eigenvalue weighted by Gasteiger charge is 2.36. The van der Waals surface area contributed by atoms with E-state index in [1.54, 1.807) is 0 Å². The molecule has 1 aliphatic rings. The standard InChI is InChI=1S/C60H45N/c1-60(61)57-28-16-15-27-51(57)52-34-33-46(39-58(52)60)53(56-36-45-23-11-12-24-48(45)49-25-13-14-26-50(49)56)35-40-29-31-44(32-30-40)59-54(42-19-7-3-8-20-42)37-47(41-17-5-2-6-18-41)38-55(59)43-21-9-4-10-22-43/h2-34,36-39,53H,35,61H2,1H3. The van der Waals surface area contributed by atoms with Gasteiger partial charge in [-0.2, -0.15) is 0 Å². The molecule has 11 rings (SSSR count). The molecule has 0 aromatic heterocycles. The minimum Gasteiger partial charge on any atom is -0.318 e. The van der Waals surface area contributed by atoms with Gasteiger partial charge in [0.15, 0.2) is 0 Å². The van der Waals surface area contributed by atoms with Crippen LogP contribution in [0.15, 0.2) is 224 Å². The first-order valence-corrected chi connectivity index (χ1v) is 21.4. The van der Waals surface area contributed by atoms with Crippen LogP contribution >= 0.6 is 0 Å². The molecule has 1 heteroatoms. The molecule has 61 heavy (non-hydrogen) atoms. The lowest BCUT2D eigenvalue weighted by atomic mass is 9.80. The molecule has 0 saturated carbocycles. The molecule has 2 N–H and O–H groups in total. The minimum absolute atomic E-state index is 0.0788. The van der Waals surface area contributed by atoms with Gasteiger partial charge in [-0.05, 0) is 137 Å². The van der Waals surface area contributed by atoms with Crippen molar-refractivity contribution in [2.75, 3.05) is 0 Å². The van der Waals surface area contributed by atoms with Gasteiger partial charge < -0.3 is 5.73 Å². The Kier molecular flexibility index (Phi) is 9.07. The Bertz CT molecular complexity index is 3160. The Hall–Kier alpha value is -7.32. The molecule has 0 spiro atoms. The van der Waals surface area contributed by atoms with Crippen LogP contribution in [0.5, 0.6) is 0 Å². The van der Waals surface area contributed by atoms with Crippen molar-refractivity contribution in [3.8, 4) is 55.6 Å². The van der Waals surface area contributed by atoms with Crippen LogP contribution in [-0.4, -0.2) is 0 Å². The summed E-state index contributed by atoms with van der Waals surface area (Å²) in [4.78, 5) is 0. The number of nitrogens with two attached hydrogens (primary N) is 1. The minimum atomic E-state index is -0.581. The van der Waals surface area contributed by atoms with E-state index in [0.29, 0.717) is 0 Å². The normalized spacial score (nSPS) is 14.8. The Morgan fingerprint density at radius 2 is 0.934 bits per heavy atom. The van der Waals surface area contributed by atoms with Gasteiger partial charge in [-0.15, -0.1) is 0 Å². The van der Waals surface area contributed by atoms with E-state index in [2.05, 4.69) is 231 Å². The zero-order valence-electron chi connectivity index (χ0n) is 34.2. The summed E-state index contributed by atoms with van der Waals surface area (Å²) in [5.41, 5.74) is 25.1. The van der Waals surface area contributed by atoms with Crippen LogP contribution in [0, 0.1) is 0 Å². The van der Waals surface area contributed by atoms with Crippen molar-refractivity contribution in [3.63, 3.8) is 0 Å². The van der Waals surface area contributed by atoms with Crippen molar-refractivity contribution in [3.05, 3.63) is 252 Å².